The fourth-order valence-electron chi connectivity index (χ4n) is 3.16. The lowest BCUT2D eigenvalue weighted by Gasteiger charge is -2.06. The second kappa shape index (κ2) is 10.7. The van der Waals surface area contributed by atoms with Crippen LogP contribution in [0.4, 0.5) is 0 Å². The number of fused-ring (bicyclic) bond motifs is 1. The normalized spacial score (nSPS) is 14.1. The number of carbonyl (C=O) groups excluding carboxylic acids is 1. The highest BCUT2D eigenvalue weighted by Crippen LogP contribution is 2.27. The number of aryl methyl sites for hydroxylation is 3. The largest absolute Gasteiger partial charge is 0.356 e. The SMILES string of the molecule is O=C(CCNS(=O)(=O)/C=C/c1ccccc1)NCCCc1nc2c(s1)CCCC2. The summed E-state index contributed by atoms with van der Waals surface area (Å²) in [5.41, 5.74) is 2.07. The molecule has 3 rings (SSSR count). The lowest BCUT2D eigenvalue weighted by Crippen LogP contribution is -2.30. The average Bonchev–Trinajstić information content (AvgIpc) is 3.13. The van der Waals surface area contributed by atoms with Crippen molar-refractivity contribution in [1.82, 2.24) is 15.0 Å². The minimum atomic E-state index is -3.56. The lowest BCUT2D eigenvalue weighted by molar-refractivity contribution is -0.120. The zero-order valence-electron chi connectivity index (χ0n) is 16.4. The first-order chi connectivity index (χ1) is 14.0. The van der Waals surface area contributed by atoms with Crippen molar-refractivity contribution < 1.29 is 13.2 Å². The zero-order valence-corrected chi connectivity index (χ0v) is 18.0. The van der Waals surface area contributed by atoms with E-state index < -0.39 is 10.0 Å². The Balaban J connectivity index is 1.30. The maximum Gasteiger partial charge on any atom is 0.233 e. The molecule has 0 bridgehead atoms. The predicted molar refractivity (Wildman–Crippen MR) is 117 cm³/mol. The summed E-state index contributed by atoms with van der Waals surface area (Å²) in [4.78, 5) is 18.0. The van der Waals surface area contributed by atoms with Crippen LogP contribution in [0.25, 0.3) is 6.08 Å². The molecule has 2 aromatic rings. The molecule has 0 saturated carbocycles. The average molecular weight is 434 g/mol. The van der Waals surface area contributed by atoms with Crippen LogP contribution in [0.5, 0.6) is 0 Å². The van der Waals surface area contributed by atoms with Gasteiger partial charge in [0.1, 0.15) is 0 Å². The fraction of sp³-hybridized carbons (Fsp3) is 0.429. The molecule has 0 atom stereocenters. The molecule has 8 heteroatoms. The van der Waals surface area contributed by atoms with E-state index in [0.717, 1.165) is 41.7 Å². The molecule has 0 fully saturated rings. The number of rotatable bonds is 10. The summed E-state index contributed by atoms with van der Waals surface area (Å²) in [7, 11) is -3.56. The molecule has 1 amide bonds. The molecule has 1 aliphatic rings. The Morgan fingerprint density at radius 1 is 1.14 bits per heavy atom. The Labute approximate surface area is 176 Å². The molecule has 1 heterocycles. The van der Waals surface area contributed by atoms with E-state index in [1.165, 1.54) is 29.5 Å². The standard InChI is InChI=1S/C21H27N3O3S2/c25-20(12-15-23-29(26,27)16-13-17-7-2-1-3-8-17)22-14-6-11-21-24-18-9-4-5-10-19(18)28-21/h1-3,7-8,13,16,23H,4-6,9-12,14-15H2,(H,22,25)/b16-13+. The van der Waals surface area contributed by atoms with Crippen LogP contribution in [0.2, 0.25) is 0 Å². The second-order valence-electron chi connectivity index (χ2n) is 7.04. The van der Waals surface area contributed by atoms with Crippen LogP contribution < -0.4 is 10.0 Å². The van der Waals surface area contributed by atoms with Crippen molar-refractivity contribution in [2.45, 2.75) is 44.9 Å². The van der Waals surface area contributed by atoms with Gasteiger partial charge < -0.3 is 5.32 Å². The van der Waals surface area contributed by atoms with Crippen molar-refractivity contribution in [3.05, 3.63) is 56.9 Å². The zero-order chi connectivity index (χ0) is 20.5. The number of hydrogen-bond donors (Lipinski definition) is 2. The molecule has 0 spiro atoms. The van der Waals surface area contributed by atoms with Gasteiger partial charge in [0.25, 0.3) is 0 Å². The van der Waals surface area contributed by atoms with E-state index >= 15 is 0 Å². The summed E-state index contributed by atoms with van der Waals surface area (Å²) in [5.74, 6) is -0.154. The van der Waals surface area contributed by atoms with Gasteiger partial charge in [0.05, 0.1) is 10.7 Å². The first kappa shape index (κ1) is 21.7. The summed E-state index contributed by atoms with van der Waals surface area (Å²) in [6.45, 7) is 0.649. The van der Waals surface area contributed by atoms with Crippen molar-refractivity contribution in [2.24, 2.45) is 0 Å². The van der Waals surface area contributed by atoms with E-state index in [1.54, 1.807) is 11.3 Å². The summed E-state index contributed by atoms with van der Waals surface area (Å²) in [6.07, 6.45) is 8.09. The quantitative estimate of drug-likeness (QED) is 0.564. The van der Waals surface area contributed by atoms with Crippen LogP contribution >= 0.6 is 11.3 Å². The Morgan fingerprint density at radius 2 is 1.93 bits per heavy atom. The van der Waals surface area contributed by atoms with Crippen molar-refractivity contribution in [3.63, 3.8) is 0 Å². The number of benzene rings is 1. The maximum absolute atomic E-state index is 12.0. The van der Waals surface area contributed by atoms with Gasteiger partial charge in [-0.3, -0.25) is 4.79 Å². The minimum absolute atomic E-state index is 0.0759. The number of hydrogen-bond acceptors (Lipinski definition) is 5. The van der Waals surface area contributed by atoms with Gasteiger partial charge in [-0.25, -0.2) is 18.1 Å². The summed E-state index contributed by atoms with van der Waals surface area (Å²) < 4.78 is 26.3. The number of thiazole rings is 1. The van der Waals surface area contributed by atoms with Crippen molar-refractivity contribution in [3.8, 4) is 0 Å². The Kier molecular flexibility index (Phi) is 7.97. The Morgan fingerprint density at radius 3 is 2.72 bits per heavy atom. The first-order valence-corrected chi connectivity index (χ1v) is 12.3. The molecule has 6 nitrogen and oxygen atoms in total. The first-order valence-electron chi connectivity index (χ1n) is 9.99. The van der Waals surface area contributed by atoms with Crippen molar-refractivity contribution in [1.29, 1.82) is 0 Å². The second-order valence-corrected chi connectivity index (χ2v) is 9.86. The topological polar surface area (TPSA) is 88.2 Å². The number of nitrogens with zero attached hydrogens (tertiary/aromatic N) is 1. The van der Waals surface area contributed by atoms with Crippen LogP contribution in [0.3, 0.4) is 0 Å². The van der Waals surface area contributed by atoms with E-state index in [4.69, 9.17) is 4.98 Å². The number of aromatic nitrogens is 1. The van der Waals surface area contributed by atoms with Crippen LogP contribution in [0, 0.1) is 0 Å². The summed E-state index contributed by atoms with van der Waals surface area (Å²) in [6, 6.07) is 9.19. The van der Waals surface area contributed by atoms with Crippen molar-refractivity contribution >= 4 is 33.3 Å². The van der Waals surface area contributed by atoms with E-state index in [1.807, 2.05) is 30.3 Å². The maximum atomic E-state index is 12.0. The molecule has 1 aromatic heterocycles. The number of sulfonamides is 1. The van der Waals surface area contributed by atoms with E-state index in [0.29, 0.717) is 6.54 Å². The third-order valence-corrected chi connectivity index (χ3v) is 6.99. The van der Waals surface area contributed by atoms with Gasteiger partial charge in [-0.15, -0.1) is 11.3 Å². The molecule has 0 unspecified atom stereocenters. The summed E-state index contributed by atoms with van der Waals surface area (Å²) >= 11 is 1.81. The molecule has 0 radical (unpaired) electrons. The van der Waals surface area contributed by atoms with E-state index in [9.17, 15) is 13.2 Å². The third-order valence-electron chi connectivity index (χ3n) is 4.67. The van der Waals surface area contributed by atoms with Gasteiger partial charge in [-0.2, -0.15) is 0 Å². The lowest BCUT2D eigenvalue weighted by atomic mass is 10.0. The molecule has 1 aliphatic carbocycles. The van der Waals surface area contributed by atoms with Gasteiger partial charge in [-0.1, -0.05) is 30.3 Å². The molecule has 1 aromatic carbocycles. The van der Waals surface area contributed by atoms with E-state index in [2.05, 4.69) is 10.0 Å². The van der Waals surface area contributed by atoms with E-state index in [-0.39, 0.29) is 18.9 Å². The predicted octanol–water partition coefficient (Wildman–Crippen LogP) is 3.05. The smallest absolute Gasteiger partial charge is 0.233 e. The minimum Gasteiger partial charge on any atom is -0.356 e. The van der Waals surface area contributed by atoms with Crippen LogP contribution in [-0.2, 0) is 34.1 Å². The third kappa shape index (κ3) is 7.38. The Bertz CT molecular complexity index is 914. The summed E-state index contributed by atoms with van der Waals surface area (Å²) in [5, 5.41) is 5.12. The van der Waals surface area contributed by atoms with Crippen LogP contribution in [0.1, 0.15) is 46.8 Å². The van der Waals surface area contributed by atoms with Crippen LogP contribution in [-0.4, -0.2) is 32.4 Å². The molecular weight excluding hydrogens is 406 g/mol. The molecule has 2 N–H and O–H groups in total. The van der Waals surface area contributed by atoms with Gasteiger partial charge in [-0.05, 0) is 43.7 Å². The highest BCUT2D eigenvalue weighted by atomic mass is 32.2. The van der Waals surface area contributed by atoms with Crippen molar-refractivity contribution in [2.75, 3.05) is 13.1 Å². The number of nitrogens with one attached hydrogen (secondary N) is 2. The highest BCUT2D eigenvalue weighted by Gasteiger charge is 2.14. The number of amides is 1. The molecule has 0 aliphatic heterocycles. The highest BCUT2D eigenvalue weighted by molar-refractivity contribution is 7.92. The van der Waals surface area contributed by atoms with Gasteiger partial charge in [0.15, 0.2) is 0 Å². The molecule has 156 valence electrons. The monoisotopic (exact) mass is 433 g/mol. The molecular formula is C21H27N3O3S2. The van der Waals surface area contributed by atoms with Gasteiger partial charge >= 0.3 is 0 Å². The number of carbonyl (C=O) groups is 1. The van der Waals surface area contributed by atoms with Gasteiger partial charge in [0.2, 0.25) is 15.9 Å². The molecule has 0 saturated heterocycles. The van der Waals surface area contributed by atoms with Gasteiger partial charge in [0, 0.05) is 36.2 Å². The Hall–Kier alpha value is -2.03. The molecule has 29 heavy (non-hydrogen) atoms. The van der Waals surface area contributed by atoms with Crippen LogP contribution in [0.15, 0.2) is 35.7 Å². The fourth-order valence-corrected chi connectivity index (χ4v) is 5.17.